The minimum absolute atomic E-state index is 0.135. The van der Waals surface area contributed by atoms with E-state index in [2.05, 4.69) is 38.3 Å². The van der Waals surface area contributed by atoms with E-state index in [-0.39, 0.29) is 12.5 Å². The zero-order valence-corrected chi connectivity index (χ0v) is 15.3. The first-order valence-electron chi connectivity index (χ1n) is 8.83. The summed E-state index contributed by atoms with van der Waals surface area (Å²) in [6, 6.07) is 19.2. The van der Waals surface area contributed by atoms with E-state index >= 15 is 0 Å². The molecule has 8 heteroatoms. The SMILES string of the molecule is Nc1c(NCCc2ccccc2)ncnc1NNC(=O)COc1ccccc1. The fraction of sp³-hybridized carbons (Fsp3) is 0.150. The smallest absolute Gasteiger partial charge is 0.276 e. The molecule has 0 unspecified atom stereocenters. The number of hydrogen-bond acceptors (Lipinski definition) is 7. The molecule has 0 atom stereocenters. The fourth-order valence-electron chi connectivity index (χ4n) is 2.44. The minimum Gasteiger partial charge on any atom is -0.484 e. The Labute approximate surface area is 163 Å². The molecule has 1 aromatic heterocycles. The monoisotopic (exact) mass is 378 g/mol. The average Bonchev–Trinajstić information content (AvgIpc) is 2.74. The van der Waals surface area contributed by atoms with E-state index in [4.69, 9.17) is 10.5 Å². The zero-order valence-electron chi connectivity index (χ0n) is 15.3. The van der Waals surface area contributed by atoms with Crippen LogP contribution in [-0.2, 0) is 11.2 Å². The number of para-hydroxylation sites is 1. The van der Waals surface area contributed by atoms with Crippen molar-refractivity contribution < 1.29 is 9.53 Å². The molecule has 1 heterocycles. The predicted molar refractivity (Wildman–Crippen MR) is 109 cm³/mol. The highest BCUT2D eigenvalue weighted by Crippen LogP contribution is 2.21. The van der Waals surface area contributed by atoms with Crippen LogP contribution in [0.25, 0.3) is 0 Å². The Morgan fingerprint density at radius 2 is 1.64 bits per heavy atom. The molecular formula is C20H22N6O2. The lowest BCUT2D eigenvalue weighted by atomic mass is 10.1. The lowest BCUT2D eigenvalue weighted by molar-refractivity contribution is -0.122. The van der Waals surface area contributed by atoms with Gasteiger partial charge in [-0.05, 0) is 24.1 Å². The number of nitrogens with two attached hydrogens (primary N) is 1. The van der Waals surface area contributed by atoms with Crippen LogP contribution in [0.2, 0.25) is 0 Å². The number of carbonyl (C=O) groups is 1. The van der Waals surface area contributed by atoms with Gasteiger partial charge in [0, 0.05) is 6.54 Å². The summed E-state index contributed by atoms with van der Waals surface area (Å²) in [5.41, 5.74) is 12.8. The maximum Gasteiger partial charge on any atom is 0.276 e. The van der Waals surface area contributed by atoms with Crippen LogP contribution < -0.4 is 26.6 Å². The molecule has 144 valence electrons. The molecule has 3 aromatic rings. The van der Waals surface area contributed by atoms with Crippen LogP contribution in [0, 0.1) is 0 Å². The van der Waals surface area contributed by atoms with Gasteiger partial charge in [0.15, 0.2) is 18.2 Å². The Hall–Kier alpha value is -3.81. The topological polar surface area (TPSA) is 114 Å². The van der Waals surface area contributed by atoms with E-state index in [1.54, 1.807) is 12.1 Å². The molecule has 5 N–H and O–H groups in total. The van der Waals surface area contributed by atoms with Crippen LogP contribution in [0.4, 0.5) is 17.3 Å². The summed E-state index contributed by atoms with van der Waals surface area (Å²) >= 11 is 0. The van der Waals surface area contributed by atoms with Gasteiger partial charge in [-0.1, -0.05) is 48.5 Å². The van der Waals surface area contributed by atoms with Crippen LogP contribution in [-0.4, -0.2) is 29.0 Å². The number of nitrogen functional groups attached to an aromatic ring is 1. The number of aromatic nitrogens is 2. The van der Waals surface area contributed by atoms with Crippen molar-refractivity contribution in [1.82, 2.24) is 15.4 Å². The lowest BCUT2D eigenvalue weighted by Crippen LogP contribution is -2.34. The highest BCUT2D eigenvalue weighted by Gasteiger charge is 2.09. The second-order valence-electron chi connectivity index (χ2n) is 5.92. The number of amides is 1. The number of ether oxygens (including phenoxy) is 1. The van der Waals surface area contributed by atoms with Crippen LogP contribution in [0.3, 0.4) is 0 Å². The van der Waals surface area contributed by atoms with E-state index in [1.807, 2.05) is 36.4 Å². The molecule has 0 saturated carbocycles. The molecule has 28 heavy (non-hydrogen) atoms. The highest BCUT2D eigenvalue weighted by atomic mass is 16.5. The van der Waals surface area contributed by atoms with E-state index < -0.39 is 0 Å². The van der Waals surface area contributed by atoms with Gasteiger partial charge in [0.1, 0.15) is 17.8 Å². The molecule has 0 aliphatic heterocycles. The third kappa shape index (κ3) is 5.60. The quantitative estimate of drug-likeness (QED) is 0.422. The van der Waals surface area contributed by atoms with Gasteiger partial charge < -0.3 is 15.8 Å². The number of rotatable bonds is 9. The minimum atomic E-state index is -0.361. The van der Waals surface area contributed by atoms with Gasteiger partial charge in [0.05, 0.1) is 0 Å². The van der Waals surface area contributed by atoms with Gasteiger partial charge in [0.2, 0.25) is 0 Å². The Kier molecular flexibility index (Phi) is 6.62. The van der Waals surface area contributed by atoms with E-state index in [0.717, 1.165) is 6.42 Å². The van der Waals surface area contributed by atoms with Crippen molar-refractivity contribution in [2.75, 3.05) is 29.6 Å². The van der Waals surface area contributed by atoms with Crippen LogP contribution in [0.5, 0.6) is 5.75 Å². The van der Waals surface area contributed by atoms with Crippen molar-refractivity contribution in [3.63, 3.8) is 0 Å². The zero-order chi connectivity index (χ0) is 19.6. The van der Waals surface area contributed by atoms with Crippen molar-refractivity contribution in [3.8, 4) is 5.75 Å². The number of carbonyl (C=O) groups excluding carboxylic acids is 1. The van der Waals surface area contributed by atoms with Gasteiger partial charge in [-0.2, -0.15) is 0 Å². The van der Waals surface area contributed by atoms with Gasteiger partial charge in [-0.15, -0.1) is 0 Å². The number of anilines is 3. The standard InChI is InChI=1S/C20H22N6O2/c21-18-19(22-12-11-15-7-3-1-4-8-15)23-14-24-20(18)26-25-17(27)13-28-16-9-5-2-6-10-16/h1-10,14H,11-13,21H2,(H,25,27)(H2,22,23,24,26). The second kappa shape index (κ2) is 9.77. The highest BCUT2D eigenvalue weighted by molar-refractivity contribution is 5.81. The molecule has 2 aromatic carbocycles. The van der Waals surface area contributed by atoms with E-state index in [9.17, 15) is 4.79 Å². The summed E-state index contributed by atoms with van der Waals surface area (Å²) in [6.07, 6.45) is 2.21. The van der Waals surface area contributed by atoms with Crippen molar-refractivity contribution in [1.29, 1.82) is 0 Å². The summed E-state index contributed by atoms with van der Waals surface area (Å²) in [7, 11) is 0. The van der Waals surface area contributed by atoms with Crippen LogP contribution in [0.15, 0.2) is 67.0 Å². The molecule has 0 radical (unpaired) electrons. The van der Waals surface area contributed by atoms with Gasteiger partial charge in [0.25, 0.3) is 5.91 Å². The van der Waals surface area contributed by atoms with Crippen molar-refractivity contribution in [2.24, 2.45) is 0 Å². The largest absolute Gasteiger partial charge is 0.484 e. The van der Waals surface area contributed by atoms with Gasteiger partial charge >= 0.3 is 0 Å². The molecule has 0 spiro atoms. The Morgan fingerprint density at radius 3 is 2.39 bits per heavy atom. The number of hydrazine groups is 1. The molecule has 1 amide bonds. The maximum atomic E-state index is 11.9. The van der Waals surface area contributed by atoms with Crippen LogP contribution >= 0.6 is 0 Å². The molecule has 8 nitrogen and oxygen atoms in total. The first-order chi connectivity index (χ1) is 13.7. The number of nitrogens with zero attached hydrogens (tertiary/aromatic N) is 2. The average molecular weight is 378 g/mol. The number of nitrogens with one attached hydrogen (secondary N) is 3. The molecule has 0 aliphatic carbocycles. The molecule has 3 rings (SSSR count). The maximum absolute atomic E-state index is 11.9. The molecular weight excluding hydrogens is 356 g/mol. The Bertz CT molecular complexity index is 890. The van der Waals surface area contributed by atoms with Crippen molar-refractivity contribution in [3.05, 3.63) is 72.6 Å². The fourth-order valence-corrected chi connectivity index (χ4v) is 2.44. The number of benzene rings is 2. The molecule has 0 saturated heterocycles. The van der Waals surface area contributed by atoms with Gasteiger partial charge in [-0.25, -0.2) is 9.97 Å². The predicted octanol–water partition coefficient (Wildman–Crippen LogP) is 2.24. The third-order valence-electron chi connectivity index (χ3n) is 3.87. The normalized spacial score (nSPS) is 10.1. The van der Waals surface area contributed by atoms with E-state index in [0.29, 0.717) is 29.6 Å². The summed E-state index contributed by atoms with van der Waals surface area (Å²) in [5.74, 6) is 1.07. The van der Waals surface area contributed by atoms with Crippen molar-refractivity contribution in [2.45, 2.75) is 6.42 Å². The third-order valence-corrected chi connectivity index (χ3v) is 3.87. The summed E-state index contributed by atoms with van der Waals surface area (Å²) < 4.78 is 5.38. The lowest BCUT2D eigenvalue weighted by Gasteiger charge is -2.13. The second-order valence-corrected chi connectivity index (χ2v) is 5.92. The molecule has 0 aliphatic rings. The number of hydrogen-bond donors (Lipinski definition) is 4. The van der Waals surface area contributed by atoms with E-state index in [1.165, 1.54) is 11.9 Å². The summed E-state index contributed by atoms with van der Waals surface area (Å²) in [5, 5.41) is 3.18. The Balaban J connectivity index is 1.47. The first kappa shape index (κ1) is 19.0. The summed E-state index contributed by atoms with van der Waals surface area (Å²) in [6.45, 7) is 0.534. The Morgan fingerprint density at radius 1 is 0.964 bits per heavy atom. The van der Waals surface area contributed by atoms with Gasteiger partial charge in [-0.3, -0.25) is 15.6 Å². The van der Waals surface area contributed by atoms with Crippen LogP contribution in [0.1, 0.15) is 5.56 Å². The summed E-state index contributed by atoms with van der Waals surface area (Å²) in [4.78, 5) is 20.1. The molecule has 0 bridgehead atoms. The first-order valence-corrected chi connectivity index (χ1v) is 8.83. The molecule has 0 fully saturated rings. The van der Waals surface area contributed by atoms with Crippen molar-refractivity contribution >= 4 is 23.2 Å².